The normalized spacial score (nSPS) is 16.2. The summed E-state index contributed by atoms with van der Waals surface area (Å²) in [4.78, 5) is 11.2. The fourth-order valence-corrected chi connectivity index (χ4v) is 1.19. The van der Waals surface area contributed by atoms with Crippen LogP contribution in [0.2, 0.25) is 0 Å². The van der Waals surface area contributed by atoms with E-state index in [0.29, 0.717) is 13.0 Å². The number of carbonyl (C=O) groups is 1. The van der Waals surface area contributed by atoms with Crippen LogP contribution in [0.1, 0.15) is 32.1 Å². The molecule has 0 spiro atoms. The van der Waals surface area contributed by atoms with Gasteiger partial charge in [0.25, 0.3) is 0 Å². The molecule has 1 aliphatic rings. The number of carbonyl (C=O) groups excluding carboxylic acids is 1. The number of nitrogens with zero attached hydrogens (tertiary/aromatic N) is 1. The highest BCUT2D eigenvalue weighted by molar-refractivity contribution is 5.79. The maximum Gasteiger partial charge on any atom is 0.223 e. The van der Waals surface area contributed by atoms with Gasteiger partial charge in [0.05, 0.1) is 6.07 Å². The van der Waals surface area contributed by atoms with E-state index in [-0.39, 0.29) is 11.8 Å². The molecule has 0 saturated heterocycles. The van der Waals surface area contributed by atoms with Gasteiger partial charge in [0.15, 0.2) is 0 Å². The molecule has 0 bridgehead atoms. The van der Waals surface area contributed by atoms with Gasteiger partial charge in [-0.1, -0.05) is 6.42 Å². The molecule has 0 aliphatic heterocycles. The maximum absolute atomic E-state index is 11.2. The minimum atomic E-state index is 0.180. The second-order valence-electron chi connectivity index (χ2n) is 3.18. The second kappa shape index (κ2) is 4.76. The molecule has 0 aromatic heterocycles. The lowest BCUT2D eigenvalue weighted by molar-refractivity contribution is -0.127. The topological polar surface area (TPSA) is 52.9 Å². The van der Waals surface area contributed by atoms with E-state index < -0.39 is 0 Å². The van der Waals surface area contributed by atoms with E-state index in [9.17, 15) is 4.79 Å². The van der Waals surface area contributed by atoms with E-state index in [2.05, 4.69) is 5.32 Å². The summed E-state index contributed by atoms with van der Waals surface area (Å²) in [5, 5.41) is 11.1. The summed E-state index contributed by atoms with van der Waals surface area (Å²) in [7, 11) is 0. The van der Waals surface area contributed by atoms with Gasteiger partial charge in [-0.2, -0.15) is 5.26 Å². The Labute approximate surface area is 72.8 Å². The van der Waals surface area contributed by atoms with E-state index in [1.165, 1.54) is 6.42 Å². The third kappa shape index (κ3) is 2.54. The average molecular weight is 166 g/mol. The summed E-state index contributed by atoms with van der Waals surface area (Å²) < 4.78 is 0. The molecule has 3 nitrogen and oxygen atoms in total. The number of nitriles is 1. The first kappa shape index (κ1) is 9.05. The molecule has 1 N–H and O–H groups in total. The Morgan fingerprint density at radius 2 is 2.33 bits per heavy atom. The predicted molar refractivity (Wildman–Crippen MR) is 45.2 cm³/mol. The Kier molecular flexibility index (Phi) is 3.59. The lowest BCUT2D eigenvalue weighted by Crippen LogP contribution is -2.34. The van der Waals surface area contributed by atoms with Crippen molar-refractivity contribution in [3.63, 3.8) is 0 Å². The third-order valence-electron chi connectivity index (χ3n) is 2.24. The van der Waals surface area contributed by atoms with Crippen LogP contribution in [0.15, 0.2) is 0 Å². The molecule has 66 valence electrons. The van der Waals surface area contributed by atoms with Gasteiger partial charge in [-0.05, 0) is 19.3 Å². The van der Waals surface area contributed by atoms with Crippen molar-refractivity contribution < 1.29 is 4.79 Å². The third-order valence-corrected chi connectivity index (χ3v) is 2.24. The van der Waals surface area contributed by atoms with Crippen LogP contribution in [0.5, 0.6) is 0 Å². The van der Waals surface area contributed by atoms with E-state index >= 15 is 0 Å². The van der Waals surface area contributed by atoms with Gasteiger partial charge in [-0.3, -0.25) is 4.79 Å². The van der Waals surface area contributed by atoms with Crippen LogP contribution in [0.4, 0.5) is 0 Å². The van der Waals surface area contributed by atoms with Gasteiger partial charge in [-0.15, -0.1) is 0 Å². The Balaban J connectivity index is 1.99. The van der Waals surface area contributed by atoms with Crippen molar-refractivity contribution in [1.29, 1.82) is 5.26 Å². The SMILES string of the molecule is N#CCCCNC(=O)C1CCC1. The lowest BCUT2D eigenvalue weighted by atomic mass is 9.85. The first-order valence-electron chi connectivity index (χ1n) is 4.49. The van der Waals surface area contributed by atoms with Crippen LogP contribution >= 0.6 is 0 Å². The van der Waals surface area contributed by atoms with Gasteiger partial charge in [0.1, 0.15) is 0 Å². The van der Waals surface area contributed by atoms with Crippen molar-refractivity contribution in [2.24, 2.45) is 5.92 Å². The summed E-state index contributed by atoms with van der Waals surface area (Å²) >= 11 is 0. The van der Waals surface area contributed by atoms with Crippen molar-refractivity contribution in [3.05, 3.63) is 0 Å². The van der Waals surface area contributed by atoms with Gasteiger partial charge < -0.3 is 5.32 Å². The van der Waals surface area contributed by atoms with E-state index in [0.717, 1.165) is 19.3 Å². The molecule has 1 saturated carbocycles. The van der Waals surface area contributed by atoms with Crippen LogP contribution in [0, 0.1) is 17.2 Å². The van der Waals surface area contributed by atoms with Crippen molar-refractivity contribution in [2.45, 2.75) is 32.1 Å². The van der Waals surface area contributed by atoms with Gasteiger partial charge in [0.2, 0.25) is 5.91 Å². The highest BCUT2D eigenvalue weighted by atomic mass is 16.1. The van der Waals surface area contributed by atoms with Crippen LogP contribution in [-0.2, 0) is 4.79 Å². The zero-order chi connectivity index (χ0) is 8.81. The molecule has 0 aromatic carbocycles. The highest BCUT2D eigenvalue weighted by Gasteiger charge is 2.24. The second-order valence-corrected chi connectivity index (χ2v) is 3.18. The van der Waals surface area contributed by atoms with Crippen LogP contribution in [-0.4, -0.2) is 12.5 Å². The minimum absolute atomic E-state index is 0.180. The smallest absolute Gasteiger partial charge is 0.223 e. The van der Waals surface area contributed by atoms with E-state index in [1.807, 2.05) is 6.07 Å². The first-order valence-corrected chi connectivity index (χ1v) is 4.49. The molecule has 1 fully saturated rings. The number of hydrogen-bond acceptors (Lipinski definition) is 2. The number of hydrogen-bond donors (Lipinski definition) is 1. The van der Waals surface area contributed by atoms with E-state index in [4.69, 9.17) is 5.26 Å². The summed E-state index contributed by atoms with van der Waals surface area (Å²) in [6, 6.07) is 2.05. The van der Waals surface area contributed by atoms with Crippen LogP contribution in [0.25, 0.3) is 0 Å². The molecule has 1 amide bonds. The zero-order valence-electron chi connectivity index (χ0n) is 7.18. The van der Waals surface area contributed by atoms with Crippen molar-refractivity contribution in [3.8, 4) is 6.07 Å². The van der Waals surface area contributed by atoms with Gasteiger partial charge in [0, 0.05) is 18.9 Å². The zero-order valence-corrected chi connectivity index (χ0v) is 7.18. The largest absolute Gasteiger partial charge is 0.356 e. The molecule has 0 aromatic rings. The summed E-state index contributed by atoms with van der Waals surface area (Å²) in [6.07, 6.45) is 4.59. The summed E-state index contributed by atoms with van der Waals surface area (Å²) in [5.41, 5.74) is 0. The molecule has 0 heterocycles. The number of nitrogens with one attached hydrogen (secondary N) is 1. The standard InChI is InChI=1S/C9H14N2O/c10-6-1-2-7-11-9(12)8-4-3-5-8/h8H,1-5,7H2,(H,11,12). The number of unbranched alkanes of at least 4 members (excludes halogenated alkanes) is 1. The van der Waals surface area contributed by atoms with Crippen molar-refractivity contribution >= 4 is 5.91 Å². The average Bonchev–Trinajstić information content (AvgIpc) is 1.95. The maximum atomic E-state index is 11.2. The Bertz CT molecular complexity index is 191. The molecular formula is C9H14N2O. The van der Waals surface area contributed by atoms with Crippen LogP contribution in [0.3, 0.4) is 0 Å². The minimum Gasteiger partial charge on any atom is -0.356 e. The highest BCUT2D eigenvalue weighted by Crippen LogP contribution is 2.25. The first-order chi connectivity index (χ1) is 5.84. The number of rotatable bonds is 4. The molecule has 0 atom stereocenters. The molecular weight excluding hydrogens is 152 g/mol. The fraction of sp³-hybridized carbons (Fsp3) is 0.778. The van der Waals surface area contributed by atoms with Gasteiger partial charge >= 0.3 is 0 Å². The Hall–Kier alpha value is -1.04. The molecule has 0 unspecified atom stereocenters. The van der Waals surface area contributed by atoms with Crippen LogP contribution < -0.4 is 5.32 Å². The summed E-state index contributed by atoms with van der Waals surface area (Å²) in [6.45, 7) is 0.656. The monoisotopic (exact) mass is 166 g/mol. The molecule has 1 aliphatic carbocycles. The Morgan fingerprint density at radius 1 is 1.58 bits per heavy atom. The molecule has 3 heteroatoms. The predicted octanol–water partition coefficient (Wildman–Crippen LogP) is 1.21. The van der Waals surface area contributed by atoms with Crippen molar-refractivity contribution in [1.82, 2.24) is 5.32 Å². The van der Waals surface area contributed by atoms with Crippen molar-refractivity contribution in [2.75, 3.05) is 6.54 Å². The molecule has 0 radical (unpaired) electrons. The Morgan fingerprint density at radius 3 is 2.83 bits per heavy atom. The fourth-order valence-electron chi connectivity index (χ4n) is 1.19. The molecule has 12 heavy (non-hydrogen) atoms. The summed E-state index contributed by atoms with van der Waals surface area (Å²) in [5.74, 6) is 0.450. The van der Waals surface area contributed by atoms with Gasteiger partial charge in [-0.25, -0.2) is 0 Å². The number of amides is 1. The molecule has 1 rings (SSSR count). The lowest BCUT2D eigenvalue weighted by Gasteiger charge is -2.23. The quantitative estimate of drug-likeness (QED) is 0.638. The van der Waals surface area contributed by atoms with E-state index in [1.54, 1.807) is 0 Å².